The summed E-state index contributed by atoms with van der Waals surface area (Å²) in [6.07, 6.45) is 4.62. The SMILES string of the molecule is Cc1cc(C)n2nc(C(=O)Nc3ccc4c(c3)nc3n4CCCCC3)nc2n1. The van der Waals surface area contributed by atoms with Crippen molar-refractivity contribution in [3.63, 3.8) is 0 Å². The Bertz CT molecular complexity index is 1220. The quantitative estimate of drug-likeness (QED) is 0.581. The number of nitrogens with zero attached hydrogens (tertiary/aromatic N) is 6. The molecule has 0 fully saturated rings. The van der Waals surface area contributed by atoms with E-state index in [1.807, 2.05) is 38.1 Å². The second kappa shape index (κ2) is 6.40. The number of hydrogen-bond acceptors (Lipinski definition) is 5. The molecule has 0 bridgehead atoms. The summed E-state index contributed by atoms with van der Waals surface area (Å²) in [5.41, 5.74) is 4.44. The zero-order chi connectivity index (χ0) is 19.3. The van der Waals surface area contributed by atoms with E-state index in [0.29, 0.717) is 11.5 Å². The Morgan fingerprint density at radius 2 is 1.96 bits per heavy atom. The molecule has 1 N–H and O–H groups in total. The number of fused-ring (bicyclic) bond motifs is 4. The molecule has 4 heterocycles. The van der Waals surface area contributed by atoms with Gasteiger partial charge in [0.05, 0.1) is 11.0 Å². The van der Waals surface area contributed by atoms with Crippen molar-refractivity contribution >= 4 is 28.4 Å². The zero-order valence-electron chi connectivity index (χ0n) is 15.9. The molecule has 4 aromatic rings. The van der Waals surface area contributed by atoms with Crippen LogP contribution < -0.4 is 5.32 Å². The third-order valence-electron chi connectivity index (χ3n) is 5.19. The van der Waals surface area contributed by atoms with Crippen LogP contribution in [0.25, 0.3) is 16.8 Å². The Morgan fingerprint density at radius 1 is 1.07 bits per heavy atom. The van der Waals surface area contributed by atoms with Crippen molar-refractivity contribution in [3.8, 4) is 0 Å². The molecule has 8 heteroatoms. The normalized spacial score (nSPS) is 14.2. The Balaban J connectivity index is 1.45. The van der Waals surface area contributed by atoms with Gasteiger partial charge >= 0.3 is 0 Å². The second-order valence-corrected chi connectivity index (χ2v) is 7.33. The fraction of sp³-hybridized carbons (Fsp3) is 0.350. The first-order valence-corrected chi connectivity index (χ1v) is 9.60. The average molecular weight is 375 g/mol. The van der Waals surface area contributed by atoms with Crippen LogP contribution in [0.1, 0.15) is 47.1 Å². The molecule has 0 atom stereocenters. The maximum atomic E-state index is 12.7. The van der Waals surface area contributed by atoms with Crippen LogP contribution in [0.2, 0.25) is 0 Å². The van der Waals surface area contributed by atoms with E-state index >= 15 is 0 Å². The lowest BCUT2D eigenvalue weighted by atomic mass is 10.2. The van der Waals surface area contributed by atoms with Gasteiger partial charge < -0.3 is 9.88 Å². The number of benzene rings is 1. The Labute approximate surface area is 161 Å². The van der Waals surface area contributed by atoms with Crippen molar-refractivity contribution in [2.24, 2.45) is 0 Å². The van der Waals surface area contributed by atoms with Gasteiger partial charge in [-0.3, -0.25) is 4.79 Å². The van der Waals surface area contributed by atoms with Gasteiger partial charge in [0.1, 0.15) is 5.82 Å². The number of aromatic nitrogens is 6. The number of carbonyl (C=O) groups excluding carboxylic acids is 1. The van der Waals surface area contributed by atoms with Gasteiger partial charge in [0.2, 0.25) is 5.82 Å². The molecule has 0 saturated heterocycles. The highest BCUT2D eigenvalue weighted by Crippen LogP contribution is 2.24. The average Bonchev–Trinajstić information content (AvgIpc) is 3.15. The lowest BCUT2D eigenvalue weighted by molar-refractivity contribution is 0.101. The molecule has 3 aromatic heterocycles. The summed E-state index contributed by atoms with van der Waals surface area (Å²) in [4.78, 5) is 26.0. The first kappa shape index (κ1) is 16.9. The molecule has 8 nitrogen and oxygen atoms in total. The molecule has 0 spiro atoms. The Kier molecular flexibility index (Phi) is 3.85. The van der Waals surface area contributed by atoms with Crippen LogP contribution >= 0.6 is 0 Å². The maximum Gasteiger partial charge on any atom is 0.295 e. The van der Waals surface area contributed by atoms with Gasteiger partial charge in [0, 0.05) is 30.0 Å². The first-order chi connectivity index (χ1) is 13.6. The van der Waals surface area contributed by atoms with Crippen LogP contribution in [0.15, 0.2) is 24.3 Å². The van der Waals surface area contributed by atoms with Gasteiger partial charge in [0.25, 0.3) is 11.7 Å². The van der Waals surface area contributed by atoms with E-state index in [2.05, 4.69) is 25.0 Å². The summed E-state index contributed by atoms with van der Waals surface area (Å²) in [6.45, 7) is 4.81. The van der Waals surface area contributed by atoms with E-state index < -0.39 is 0 Å². The highest BCUT2D eigenvalue weighted by Gasteiger charge is 2.17. The molecule has 142 valence electrons. The number of carbonyl (C=O) groups is 1. The van der Waals surface area contributed by atoms with E-state index in [1.54, 1.807) is 4.52 Å². The topological polar surface area (TPSA) is 90.0 Å². The van der Waals surface area contributed by atoms with E-state index in [9.17, 15) is 4.79 Å². The van der Waals surface area contributed by atoms with E-state index in [-0.39, 0.29) is 11.7 Å². The van der Waals surface area contributed by atoms with Crippen molar-refractivity contribution in [1.82, 2.24) is 29.1 Å². The fourth-order valence-electron chi connectivity index (χ4n) is 3.88. The van der Waals surface area contributed by atoms with Crippen LogP contribution in [0.3, 0.4) is 0 Å². The lowest BCUT2D eigenvalue weighted by Crippen LogP contribution is -2.14. The Morgan fingerprint density at radius 3 is 2.86 bits per heavy atom. The number of hydrogen-bond donors (Lipinski definition) is 1. The van der Waals surface area contributed by atoms with Crippen molar-refractivity contribution in [2.45, 2.75) is 46.1 Å². The molecule has 0 radical (unpaired) electrons. The van der Waals surface area contributed by atoms with Gasteiger partial charge in [-0.15, -0.1) is 5.10 Å². The largest absolute Gasteiger partial charge is 0.328 e. The van der Waals surface area contributed by atoms with Gasteiger partial charge in [-0.05, 0) is 51.0 Å². The van der Waals surface area contributed by atoms with Gasteiger partial charge in [-0.25, -0.2) is 14.5 Å². The minimum atomic E-state index is -0.359. The van der Waals surface area contributed by atoms with E-state index in [1.165, 1.54) is 19.3 Å². The standard InChI is InChI=1S/C20H21N7O/c1-12-10-13(2)27-20(21-12)24-18(25-27)19(28)22-14-7-8-16-15(11-14)23-17-6-4-3-5-9-26(16)17/h7-8,10-11H,3-6,9H2,1-2H3,(H,22,28). The van der Waals surface area contributed by atoms with Crippen LogP contribution in [0.5, 0.6) is 0 Å². The van der Waals surface area contributed by atoms with Crippen LogP contribution in [-0.2, 0) is 13.0 Å². The Hall–Kier alpha value is -3.29. The fourth-order valence-corrected chi connectivity index (χ4v) is 3.88. The number of anilines is 1. The molecule has 5 rings (SSSR count). The summed E-state index contributed by atoms with van der Waals surface area (Å²) in [6, 6.07) is 7.75. The van der Waals surface area contributed by atoms with Crippen molar-refractivity contribution < 1.29 is 4.79 Å². The summed E-state index contributed by atoms with van der Waals surface area (Å²) >= 11 is 0. The third-order valence-corrected chi connectivity index (χ3v) is 5.19. The summed E-state index contributed by atoms with van der Waals surface area (Å²) in [5, 5.41) is 7.17. The van der Waals surface area contributed by atoms with Crippen molar-refractivity contribution in [1.29, 1.82) is 0 Å². The number of imidazole rings is 1. The van der Waals surface area contributed by atoms with Crippen molar-refractivity contribution in [2.75, 3.05) is 5.32 Å². The molecule has 28 heavy (non-hydrogen) atoms. The minimum Gasteiger partial charge on any atom is -0.328 e. The maximum absolute atomic E-state index is 12.7. The number of amides is 1. The molecule has 0 saturated carbocycles. The van der Waals surface area contributed by atoms with Crippen molar-refractivity contribution in [3.05, 3.63) is 47.3 Å². The lowest BCUT2D eigenvalue weighted by Gasteiger charge is -2.05. The molecular formula is C20H21N7O. The summed E-state index contributed by atoms with van der Waals surface area (Å²) in [7, 11) is 0. The van der Waals surface area contributed by atoms with Gasteiger partial charge in [-0.2, -0.15) is 4.98 Å². The molecule has 1 aliphatic heterocycles. The third kappa shape index (κ3) is 2.81. The van der Waals surface area contributed by atoms with Gasteiger partial charge in [0.15, 0.2) is 0 Å². The molecular weight excluding hydrogens is 354 g/mol. The summed E-state index contributed by atoms with van der Waals surface area (Å²) in [5.74, 6) is 1.30. The van der Waals surface area contributed by atoms with Crippen LogP contribution in [-0.4, -0.2) is 35.0 Å². The van der Waals surface area contributed by atoms with Crippen LogP contribution in [0, 0.1) is 13.8 Å². The van der Waals surface area contributed by atoms with E-state index in [0.717, 1.165) is 41.2 Å². The molecule has 0 aliphatic carbocycles. The predicted molar refractivity (Wildman–Crippen MR) is 105 cm³/mol. The number of rotatable bonds is 2. The number of aryl methyl sites for hydroxylation is 4. The number of nitrogens with one attached hydrogen (secondary N) is 1. The van der Waals surface area contributed by atoms with Crippen LogP contribution in [0.4, 0.5) is 5.69 Å². The van der Waals surface area contributed by atoms with Gasteiger partial charge in [-0.1, -0.05) is 6.42 Å². The minimum absolute atomic E-state index is 0.0990. The second-order valence-electron chi connectivity index (χ2n) is 7.33. The molecule has 0 unspecified atom stereocenters. The smallest absolute Gasteiger partial charge is 0.295 e. The molecule has 1 aliphatic rings. The predicted octanol–water partition coefficient (Wildman–Crippen LogP) is 3.07. The monoisotopic (exact) mass is 375 g/mol. The summed E-state index contributed by atoms with van der Waals surface area (Å²) < 4.78 is 3.88. The van der Waals surface area contributed by atoms with E-state index in [4.69, 9.17) is 4.98 Å². The highest BCUT2D eigenvalue weighted by atomic mass is 16.2. The highest BCUT2D eigenvalue weighted by molar-refractivity contribution is 6.02. The first-order valence-electron chi connectivity index (χ1n) is 9.60. The molecule has 1 aromatic carbocycles. The molecule has 1 amide bonds. The zero-order valence-corrected chi connectivity index (χ0v) is 15.9.